The van der Waals surface area contributed by atoms with Gasteiger partial charge in [-0.25, -0.2) is 0 Å². The van der Waals surface area contributed by atoms with E-state index in [4.69, 9.17) is 11.1 Å². The summed E-state index contributed by atoms with van der Waals surface area (Å²) in [6.07, 6.45) is -3.92. The van der Waals surface area contributed by atoms with Crippen molar-refractivity contribution < 1.29 is 22.8 Å². The molecule has 34 heavy (non-hydrogen) atoms. The normalized spacial score (nSPS) is 14.9. The Morgan fingerprint density at radius 2 is 1.82 bits per heavy atom. The molecule has 3 aromatic rings. The van der Waals surface area contributed by atoms with Crippen LogP contribution in [0.25, 0.3) is 10.9 Å². The van der Waals surface area contributed by atoms with Crippen LogP contribution in [0.5, 0.6) is 0 Å². The van der Waals surface area contributed by atoms with Crippen LogP contribution in [0, 0.1) is 12.3 Å². The summed E-state index contributed by atoms with van der Waals surface area (Å²) < 4.78 is 41.7. The molecule has 0 unspecified atom stereocenters. The first-order chi connectivity index (χ1) is 16.0. The number of H-pyrrole nitrogens is 1. The second-order valence-electron chi connectivity index (χ2n) is 8.46. The summed E-state index contributed by atoms with van der Waals surface area (Å²) in [7, 11) is 0. The largest absolute Gasteiger partial charge is 0.416 e. The number of nitrogens with two attached hydrogens (primary N) is 1. The van der Waals surface area contributed by atoms with E-state index in [1.165, 1.54) is 6.07 Å². The number of likely N-dealkylation sites (tertiary alicyclic amines) is 1. The topological polar surface area (TPSA) is 115 Å². The van der Waals surface area contributed by atoms with Crippen LogP contribution in [0.3, 0.4) is 0 Å². The van der Waals surface area contributed by atoms with Gasteiger partial charge in [-0.1, -0.05) is 24.3 Å². The van der Waals surface area contributed by atoms with Gasteiger partial charge in [0, 0.05) is 29.6 Å². The zero-order valence-electron chi connectivity index (χ0n) is 18.4. The molecule has 1 saturated heterocycles. The quantitative estimate of drug-likeness (QED) is 0.340. The van der Waals surface area contributed by atoms with Gasteiger partial charge in [-0.15, -0.1) is 0 Å². The Kier molecular flexibility index (Phi) is 6.07. The molecule has 2 heterocycles. The molecule has 2 aromatic carbocycles. The van der Waals surface area contributed by atoms with Crippen molar-refractivity contribution in [3.05, 3.63) is 70.4 Å². The number of hydrogen-bond acceptors (Lipinski definition) is 3. The number of aromatic nitrogens is 1. The Hall–Kier alpha value is -3.82. The van der Waals surface area contributed by atoms with E-state index in [0.717, 1.165) is 17.0 Å². The second-order valence-corrected chi connectivity index (χ2v) is 8.46. The summed E-state index contributed by atoms with van der Waals surface area (Å²) in [4.78, 5) is 29.9. The van der Waals surface area contributed by atoms with Crippen molar-refractivity contribution in [2.75, 3.05) is 13.1 Å². The van der Waals surface area contributed by atoms with Crippen molar-refractivity contribution >= 4 is 28.7 Å². The number of hydrogen-bond donors (Lipinski definition) is 4. The molecule has 7 nitrogen and oxygen atoms in total. The van der Waals surface area contributed by atoms with Crippen LogP contribution in [0.2, 0.25) is 0 Å². The van der Waals surface area contributed by atoms with Crippen LogP contribution in [-0.4, -0.2) is 40.7 Å². The second kappa shape index (κ2) is 8.85. The highest BCUT2D eigenvalue weighted by molar-refractivity contribution is 6.05. The number of nitrogens with one attached hydrogen (secondary N) is 3. The molecule has 0 atom stereocenters. The number of benzene rings is 2. The lowest BCUT2D eigenvalue weighted by Crippen LogP contribution is -2.38. The van der Waals surface area contributed by atoms with Gasteiger partial charge >= 0.3 is 6.18 Å². The first-order valence-electron chi connectivity index (χ1n) is 10.8. The van der Waals surface area contributed by atoms with E-state index in [1.54, 1.807) is 17.9 Å². The van der Waals surface area contributed by atoms with E-state index in [1.807, 2.05) is 29.6 Å². The van der Waals surface area contributed by atoms with Gasteiger partial charge in [0.05, 0.1) is 5.56 Å². The lowest BCUT2D eigenvalue weighted by molar-refractivity contribution is -0.138. The van der Waals surface area contributed by atoms with Crippen molar-refractivity contribution in [2.45, 2.75) is 31.9 Å². The third-order valence-electron chi connectivity index (χ3n) is 6.18. The van der Waals surface area contributed by atoms with Crippen molar-refractivity contribution in [2.24, 2.45) is 5.73 Å². The summed E-state index contributed by atoms with van der Waals surface area (Å²) in [5, 5.41) is 10.1. The van der Waals surface area contributed by atoms with Crippen LogP contribution in [0.15, 0.2) is 42.5 Å². The van der Waals surface area contributed by atoms with Crippen LogP contribution >= 0.6 is 0 Å². The van der Waals surface area contributed by atoms with Gasteiger partial charge in [-0.2, -0.15) is 13.2 Å². The van der Waals surface area contributed by atoms with Gasteiger partial charge in [-0.3, -0.25) is 20.3 Å². The van der Waals surface area contributed by atoms with Crippen LogP contribution in [0.1, 0.15) is 56.3 Å². The molecule has 178 valence electrons. The molecule has 0 radical (unpaired) electrons. The minimum absolute atomic E-state index is 0.113. The van der Waals surface area contributed by atoms with Crippen LogP contribution in [0.4, 0.5) is 13.2 Å². The van der Waals surface area contributed by atoms with Crippen molar-refractivity contribution in [1.29, 1.82) is 5.41 Å². The maximum Gasteiger partial charge on any atom is 0.416 e. The third-order valence-corrected chi connectivity index (χ3v) is 6.18. The van der Waals surface area contributed by atoms with Gasteiger partial charge in [-0.05, 0) is 55.0 Å². The summed E-state index contributed by atoms with van der Waals surface area (Å²) in [6, 6.07) is 11.5. The number of piperidine rings is 1. The lowest BCUT2D eigenvalue weighted by atomic mass is 9.84. The minimum atomic E-state index is -4.66. The predicted molar refractivity (Wildman–Crippen MR) is 122 cm³/mol. The highest BCUT2D eigenvalue weighted by atomic mass is 19.4. The molecular weight excluding hydrogens is 447 g/mol. The molecular formula is C24H24F3N5O2. The van der Waals surface area contributed by atoms with Gasteiger partial charge in [0.1, 0.15) is 5.69 Å². The van der Waals surface area contributed by atoms with Gasteiger partial charge in [0.15, 0.2) is 5.96 Å². The number of rotatable bonds is 3. The van der Waals surface area contributed by atoms with E-state index < -0.39 is 29.5 Å². The van der Waals surface area contributed by atoms with Gasteiger partial charge in [0.2, 0.25) is 0 Å². The Labute approximate surface area is 193 Å². The number of amides is 2. The molecule has 4 rings (SSSR count). The van der Waals surface area contributed by atoms with Crippen LogP contribution < -0.4 is 11.1 Å². The number of alkyl halides is 3. The Morgan fingerprint density at radius 3 is 2.44 bits per heavy atom. The number of aromatic amines is 1. The molecule has 0 spiro atoms. The molecule has 0 aliphatic carbocycles. The van der Waals surface area contributed by atoms with Crippen molar-refractivity contribution in [3.8, 4) is 0 Å². The molecule has 1 aliphatic heterocycles. The Balaban J connectivity index is 1.55. The zero-order valence-corrected chi connectivity index (χ0v) is 18.4. The molecule has 0 bridgehead atoms. The van der Waals surface area contributed by atoms with E-state index in [9.17, 15) is 22.8 Å². The molecule has 5 N–H and O–H groups in total. The third kappa shape index (κ3) is 4.61. The predicted octanol–water partition coefficient (Wildman–Crippen LogP) is 4.14. The van der Waals surface area contributed by atoms with E-state index in [2.05, 4.69) is 4.98 Å². The fraction of sp³-hybridized carbons (Fsp3) is 0.292. The van der Waals surface area contributed by atoms with Crippen molar-refractivity contribution in [3.63, 3.8) is 0 Å². The summed E-state index contributed by atoms with van der Waals surface area (Å²) >= 11 is 0. The molecule has 0 saturated carbocycles. The molecule has 2 amide bonds. The average Bonchev–Trinajstić information content (AvgIpc) is 3.21. The smallest absolute Gasteiger partial charge is 0.370 e. The maximum atomic E-state index is 13.9. The summed E-state index contributed by atoms with van der Waals surface area (Å²) in [5.74, 6) is -2.10. The number of nitrogens with zero attached hydrogens (tertiary/aromatic N) is 1. The average molecular weight is 471 g/mol. The van der Waals surface area contributed by atoms with E-state index in [0.29, 0.717) is 37.2 Å². The number of halogens is 3. The molecule has 1 aliphatic rings. The SMILES string of the molecule is Cc1cc(C2CCN(C(=O)c3cc4ccccc4[nH]3)CC2)c(C(F)(F)F)cc1C(=O)NC(=N)N. The first kappa shape index (κ1) is 23.3. The lowest BCUT2D eigenvalue weighted by Gasteiger charge is -2.33. The van der Waals surface area contributed by atoms with Crippen LogP contribution in [-0.2, 0) is 6.18 Å². The number of carbonyl (C=O) groups excluding carboxylic acids is 2. The standard InChI is InChI=1S/C24H24F3N5O2/c1-13-10-17(18(24(25,26)27)12-16(13)21(33)31-23(28)29)14-6-8-32(9-7-14)22(34)20-11-15-4-2-3-5-19(15)30-20/h2-5,10-12,14,30H,6-9H2,1H3,(H4,28,29,31,33). The Bertz CT molecular complexity index is 1240. The maximum absolute atomic E-state index is 13.9. The minimum Gasteiger partial charge on any atom is -0.370 e. The molecule has 10 heteroatoms. The zero-order chi connectivity index (χ0) is 24.6. The fourth-order valence-electron chi connectivity index (χ4n) is 4.50. The number of carbonyl (C=O) groups is 2. The number of aryl methyl sites for hydroxylation is 1. The van der Waals surface area contributed by atoms with Crippen molar-refractivity contribution in [1.82, 2.24) is 15.2 Å². The first-order valence-corrected chi connectivity index (χ1v) is 10.8. The number of para-hydroxylation sites is 1. The summed E-state index contributed by atoms with van der Waals surface area (Å²) in [6.45, 7) is 2.19. The highest BCUT2D eigenvalue weighted by Crippen LogP contribution is 2.40. The number of guanidine groups is 1. The molecule has 1 aromatic heterocycles. The van der Waals surface area contributed by atoms with E-state index in [-0.39, 0.29) is 17.0 Å². The highest BCUT2D eigenvalue weighted by Gasteiger charge is 2.38. The Morgan fingerprint density at radius 1 is 1.15 bits per heavy atom. The summed E-state index contributed by atoms with van der Waals surface area (Å²) in [5.41, 5.74) is 5.85. The fourth-order valence-corrected chi connectivity index (χ4v) is 4.50. The monoisotopic (exact) mass is 471 g/mol. The molecule has 1 fully saturated rings. The van der Waals surface area contributed by atoms with Gasteiger partial charge in [0.25, 0.3) is 11.8 Å². The van der Waals surface area contributed by atoms with Gasteiger partial charge < -0.3 is 15.6 Å². The van der Waals surface area contributed by atoms with E-state index >= 15 is 0 Å². The number of fused-ring (bicyclic) bond motifs is 1.